The number of anilines is 1. The Morgan fingerprint density at radius 1 is 1.35 bits per heavy atom. The number of aromatic nitrogens is 3. The van der Waals surface area contributed by atoms with Crippen molar-refractivity contribution in [3.63, 3.8) is 0 Å². The average Bonchev–Trinajstić information content (AvgIpc) is 3.17. The topological polar surface area (TPSA) is 73.9 Å². The molecular formula is C16H22FN5O. The Kier molecular flexibility index (Phi) is 6.68. The van der Waals surface area contributed by atoms with Gasteiger partial charge in [-0.2, -0.15) is 5.10 Å². The summed E-state index contributed by atoms with van der Waals surface area (Å²) in [6, 6.07) is 4.42. The third-order valence-corrected chi connectivity index (χ3v) is 3.70. The van der Waals surface area contributed by atoms with E-state index in [9.17, 15) is 9.18 Å². The van der Waals surface area contributed by atoms with E-state index in [1.165, 1.54) is 18.6 Å². The lowest BCUT2D eigenvalue weighted by atomic mass is 10.1. The van der Waals surface area contributed by atoms with Crippen LogP contribution in [0.1, 0.15) is 26.2 Å². The first-order valence-electron chi connectivity index (χ1n) is 7.77. The van der Waals surface area contributed by atoms with Crippen molar-refractivity contribution >= 4 is 11.7 Å². The maximum atomic E-state index is 12.7. The molecular weight excluding hydrogens is 297 g/mol. The summed E-state index contributed by atoms with van der Waals surface area (Å²) in [5, 5.41) is 8.92. The fraction of sp³-hybridized carbons (Fsp3) is 0.438. The van der Waals surface area contributed by atoms with Gasteiger partial charge in [0.15, 0.2) is 0 Å². The third kappa shape index (κ3) is 5.78. The van der Waals surface area contributed by atoms with Crippen molar-refractivity contribution in [2.75, 3.05) is 18.4 Å². The van der Waals surface area contributed by atoms with Crippen LogP contribution in [0.5, 0.6) is 0 Å². The number of H-pyrrole nitrogens is 1. The Morgan fingerprint density at radius 2 is 2.13 bits per heavy atom. The molecule has 1 fully saturated rings. The number of likely N-dealkylation sites (tertiary alicyclic amines) is 1. The van der Waals surface area contributed by atoms with Crippen molar-refractivity contribution in [2.24, 2.45) is 0 Å². The number of pyridine rings is 1. The van der Waals surface area contributed by atoms with Gasteiger partial charge in [-0.3, -0.25) is 14.8 Å². The molecule has 1 atom stereocenters. The molecule has 0 aliphatic carbocycles. The summed E-state index contributed by atoms with van der Waals surface area (Å²) in [6.45, 7) is 3.82. The van der Waals surface area contributed by atoms with E-state index in [0.29, 0.717) is 5.82 Å². The summed E-state index contributed by atoms with van der Waals surface area (Å²) in [4.78, 5) is 18.0. The highest BCUT2D eigenvalue weighted by Crippen LogP contribution is 2.13. The summed E-state index contributed by atoms with van der Waals surface area (Å²) in [7, 11) is 0. The second kappa shape index (κ2) is 8.99. The summed E-state index contributed by atoms with van der Waals surface area (Å²) in [5.74, 6) is -0.0988. The monoisotopic (exact) mass is 319 g/mol. The van der Waals surface area contributed by atoms with Crippen LogP contribution in [0.3, 0.4) is 0 Å². The fourth-order valence-corrected chi connectivity index (χ4v) is 2.37. The van der Waals surface area contributed by atoms with Crippen molar-refractivity contribution in [1.82, 2.24) is 20.1 Å². The number of nitrogens with zero attached hydrogens (tertiary/aromatic N) is 3. The minimum Gasteiger partial charge on any atom is -0.309 e. The van der Waals surface area contributed by atoms with Crippen molar-refractivity contribution in [3.05, 3.63) is 42.6 Å². The second-order valence-corrected chi connectivity index (χ2v) is 5.39. The number of nitrogens with one attached hydrogen (secondary N) is 2. The first-order chi connectivity index (χ1) is 11.2. The molecule has 0 aromatic carbocycles. The van der Waals surface area contributed by atoms with Gasteiger partial charge < -0.3 is 5.32 Å². The molecule has 7 heteroatoms. The smallest absolute Gasteiger partial charge is 0.242 e. The van der Waals surface area contributed by atoms with Crippen molar-refractivity contribution in [2.45, 2.75) is 32.2 Å². The summed E-state index contributed by atoms with van der Waals surface area (Å²) in [6.07, 6.45) is 8.09. The fourth-order valence-electron chi connectivity index (χ4n) is 2.37. The van der Waals surface area contributed by atoms with E-state index < -0.39 is 5.82 Å². The molecule has 1 aliphatic rings. The quantitative estimate of drug-likeness (QED) is 0.911. The highest BCUT2D eigenvalue weighted by atomic mass is 19.1. The van der Waals surface area contributed by atoms with Crippen LogP contribution in [-0.4, -0.2) is 45.1 Å². The number of carbonyl (C=O) groups excluding carboxylic acids is 1. The molecule has 0 bridgehead atoms. The van der Waals surface area contributed by atoms with Gasteiger partial charge in [-0.05, 0) is 51.1 Å². The van der Waals surface area contributed by atoms with E-state index in [0.717, 1.165) is 32.1 Å². The van der Waals surface area contributed by atoms with Gasteiger partial charge in [0.05, 0.1) is 12.2 Å². The van der Waals surface area contributed by atoms with Crippen LogP contribution in [-0.2, 0) is 4.79 Å². The molecule has 2 aromatic rings. The van der Waals surface area contributed by atoms with E-state index in [1.54, 1.807) is 12.4 Å². The average molecular weight is 319 g/mol. The highest BCUT2D eigenvalue weighted by molar-refractivity contribution is 5.93. The summed E-state index contributed by atoms with van der Waals surface area (Å²) >= 11 is 0. The largest absolute Gasteiger partial charge is 0.309 e. The van der Waals surface area contributed by atoms with E-state index in [4.69, 9.17) is 0 Å². The number of carbonyl (C=O) groups is 1. The van der Waals surface area contributed by atoms with Gasteiger partial charge in [0.25, 0.3) is 0 Å². The van der Waals surface area contributed by atoms with Crippen molar-refractivity contribution in [1.29, 1.82) is 0 Å². The van der Waals surface area contributed by atoms with Crippen molar-refractivity contribution in [3.8, 4) is 0 Å². The molecule has 3 heterocycles. The summed E-state index contributed by atoms with van der Waals surface area (Å²) in [5.41, 5.74) is 0. The molecule has 0 saturated carbocycles. The Hall–Kier alpha value is -2.28. The molecule has 1 saturated heterocycles. The van der Waals surface area contributed by atoms with Crippen LogP contribution in [0.15, 0.2) is 36.8 Å². The zero-order valence-corrected chi connectivity index (χ0v) is 13.2. The minimum absolute atomic E-state index is 0.0870. The first kappa shape index (κ1) is 17.1. The van der Waals surface area contributed by atoms with E-state index in [2.05, 4.69) is 25.4 Å². The number of rotatable bonds is 3. The Balaban J connectivity index is 0.000000326. The van der Waals surface area contributed by atoms with Crippen LogP contribution in [0.25, 0.3) is 0 Å². The predicted molar refractivity (Wildman–Crippen MR) is 86.3 cm³/mol. The number of amides is 1. The molecule has 1 aliphatic heterocycles. The van der Waals surface area contributed by atoms with Crippen LogP contribution < -0.4 is 5.32 Å². The molecule has 2 N–H and O–H groups in total. The predicted octanol–water partition coefficient (Wildman–Crippen LogP) is 2.44. The Morgan fingerprint density at radius 3 is 2.65 bits per heavy atom. The van der Waals surface area contributed by atoms with E-state index >= 15 is 0 Å². The van der Waals surface area contributed by atoms with Gasteiger partial charge in [0.2, 0.25) is 5.91 Å². The zero-order chi connectivity index (χ0) is 16.5. The standard InChI is InChI=1S/C13H18FN3O.C3H4N2/c1-10(17-7-3-2-4-8-17)13(18)16-12-6-5-11(14)9-15-12;1-2-4-5-3-1/h5-6,9-10H,2-4,7-8H2,1H3,(H,15,16,18);1-3H,(H,4,5). The maximum Gasteiger partial charge on any atom is 0.242 e. The number of aromatic amines is 1. The molecule has 124 valence electrons. The second-order valence-electron chi connectivity index (χ2n) is 5.39. The Bertz CT molecular complexity index is 549. The lowest BCUT2D eigenvalue weighted by Gasteiger charge is -2.31. The molecule has 23 heavy (non-hydrogen) atoms. The molecule has 0 spiro atoms. The van der Waals surface area contributed by atoms with Gasteiger partial charge in [-0.15, -0.1) is 0 Å². The highest BCUT2D eigenvalue weighted by Gasteiger charge is 2.22. The maximum absolute atomic E-state index is 12.7. The molecule has 6 nitrogen and oxygen atoms in total. The van der Waals surface area contributed by atoms with Gasteiger partial charge in [0.1, 0.15) is 11.6 Å². The van der Waals surface area contributed by atoms with Crippen LogP contribution in [0.2, 0.25) is 0 Å². The van der Waals surface area contributed by atoms with E-state index in [1.807, 2.05) is 13.0 Å². The minimum atomic E-state index is -0.405. The van der Waals surface area contributed by atoms with Crippen LogP contribution >= 0.6 is 0 Å². The SMILES string of the molecule is CC(C(=O)Nc1ccc(F)cn1)N1CCCCC1.c1cn[nH]c1. The number of halogens is 1. The number of hydrogen-bond acceptors (Lipinski definition) is 4. The zero-order valence-electron chi connectivity index (χ0n) is 13.2. The number of piperidine rings is 1. The van der Waals surface area contributed by atoms with Gasteiger partial charge in [-0.25, -0.2) is 9.37 Å². The third-order valence-electron chi connectivity index (χ3n) is 3.70. The normalized spacial score (nSPS) is 16.1. The molecule has 1 amide bonds. The van der Waals surface area contributed by atoms with Gasteiger partial charge in [0, 0.05) is 12.4 Å². The summed E-state index contributed by atoms with van der Waals surface area (Å²) < 4.78 is 12.7. The van der Waals surface area contributed by atoms with Gasteiger partial charge in [-0.1, -0.05) is 6.42 Å². The van der Waals surface area contributed by atoms with Crippen molar-refractivity contribution < 1.29 is 9.18 Å². The lowest BCUT2D eigenvalue weighted by molar-refractivity contribution is -0.121. The van der Waals surface area contributed by atoms with E-state index in [-0.39, 0.29) is 11.9 Å². The van der Waals surface area contributed by atoms with Crippen LogP contribution in [0.4, 0.5) is 10.2 Å². The lowest BCUT2D eigenvalue weighted by Crippen LogP contribution is -2.44. The molecule has 3 rings (SSSR count). The molecule has 2 aromatic heterocycles. The number of hydrogen-bond donors (Lipinski definition) is 2. The Labute approximate surface area is 135 Å². The molecule has 1 unspecified atom stereocenters. The van der Waals surface area contributed by atoms with Crippen LogP contribution in [0, 0.1) is 5.82 Å². The first-order valence-corrected chi connectivity index (χ1v) is 7.77. The molecule has 0 radical (unpaired) electrons. The van der Waals surface area contributed by atoms with Gasteiger partial charge >= 0.3 is 0 Å².